The summed E-state index contributed by atoms with van der Waals surface area (Å²) in [4.78, 5) is 25.5. The van der Waals surface area contributed by atoms with E-state index in [0.29, 0.717) is 6.54 Å². The van der Waals surface area contributed by atoms with Gasteiger partial charge in [0.05, 0.1) is 11.1 Å². The number of aromatic carboxylic acids is 1. The highest BCUT2D eigenvalue weighted by Crippen LogP contribution is 2.32. The normalized spacial score (nSPS) is 24.8. The summed E-state index contributed by atoms with van der Waals surface area (Å²) < 4.78 is 0. The first-order chi connectivity index (χ1) is 9.51. The quantitative estimate of drug-likeness (QED) is 0.855. The lowest BCUT2D eigenvalue weighted by Gasteiger charge is -2.29. The van der Waals surface area contributed by atoms with Crippen LogP contribution in [0.1, 0.15) is 35.7 Å². The third-order valence-corrected chi connectivity index (χ3v) is 4.31. The molecule has 1 saturated heterocycles. The molecule has 1 aromatic rings. The lowest BCUT2D eigenvalue weighted by molar-refractivity contribution is -0.123. The maximum Gasteiger partial charge on any atom is 0.335 e. The Balaban J connectivity index is 1.94. The maximum absolute atomic E-state index is 12.7. The number of anilines is 1. The Morgan fingerprint density at radius 2 is 2.20 bits per heavy atom. The first-order valence-electron chi connectivity index (χ1n) is 6.94. The Bertz CT molecular complexity index is 576. The summed E-state index contributed by atoms with van der Waals surface area (Å²) in [6.45, 7) is 3.42. The fraction of sp³-hybridized carbons (Fsp3) is 0.467. The molecule has 0 saturated carbocycles. The summed E-state index contributed by atoms with van der Waals surface area (Å²) in [7, 11) is 0. The molecular weight excluding hydrogens is 256 g/mol. The average molecular weight is 274 g/mol. The molecule has 20 heavy (non-hydrogen) atoms. The van der Waals surface area contributed by atoms with Gasteiger partial charge in [0.1, 0.15) is 0 Å². The molecule has 0 spiro atoms. The lowest BCUT2D eigenvalue weighted by atomic mass is 9.98. The van der Waals surface area contributed by atoms with Gasteiger partial charge in [0.25, 0.3) is 0 Å². The van der Waals surface area contributed by atoms with Gasteiger partial charge in [0.2, 0.25) is 5.91 Å². The molecule has 106 valence electrons. The van der Waals surface area contributed by atoms with Crippen molar-refractivity contribution in [2.24, 2.45) is 0 Å². The molecule has 1 unspecified atom stereocenters. The number of hydrogen-bond acceptors (Lipinski definition) is 3. The number of carbonyl (C=O) groups excluding carboxylic acids is 1. The second kappa shape index (κ2) is 4.59. The smallest absolute Gasteiger partial charge is 0.335 e. The van der Waals surface area contributed by atoms with Crippen LogP contribution in [0.5, 0.6) is 0 Å². The van der Waals surface area contributed by atoms with Crippen molar-refractivity contribution in [3.63, 3.8) is 0 Å². The first kappa shape index (κ1) is 13.1. The van der Waals surface area contributed by atoms with Crippen LogP contribution in [0.4, 0.5) is 5.69 Å². The predicted molar refractivity (Wildman–Crippen MR) is 75.1 cm³/mol. The molecule has 2 N–H and O–H groups in total. The number of nitrogens with zero attached hydrogens (tertiary/aromatic N) is 1. The third-order valence-electron chi connectivity index (χ3n) is 4.31. The Kier molecular flexibility index (Phi) is 3.01. The van der Waals surface area contributed by atoms with Gasteiger partial charge in [-0.2, -0.15) is 0 Å². The monoisotopic (exact) mass is 274 g/mol. The van der Waals surface area contributed by atoms with Crippen molar-refractivity contribution in [1.29, 1.82) is 0 Å². The molecule has 3 rings (SSSR count). The Labute approximate surface area is 117 Å². The van der Waals surface area contributed by atoms with Gasteiger partial charge in [-0.15, -0.1) is 0 Å². The van der Waals surface area contributed by atoms with Gasteiger partial charge in [0.15, 0.2) is 0 Å². The molecule has 0 aromatic heterocycles. The van der Waals surface area contributed by atoms with Crippen LogP contribution in [0.2, 0.25) is 0 Å². The van der Waals surface area contributed by atoms with Crippen LogP contribution >= 0.6 is 0 Å². The summed E-state index contributed by atoms with van der Waals surface area (Å²) in [5.41, 5.74) is 1.52. The van der Waals surface area contributed by atoms with Crippen molar-refractivity contribution < 1.29 is 14.7 Å². The second-order valence-electron chi connectivity index (χ2n) is 5.72. The van der Waals surface area contributed by atoms with E-state index in [1.54, 1.807) is 17.0 Å². The molecule has 0 aliphatic carbocycles. The van der Waals surface area contributed by atoms with Crippen LogP contribution in [-0.2, 0) is 11.2 Å². The topological polar surface area (TPSA) is 69.6 Å². The van der Waals surface area contributed by atoms with Crippen LogP contribution in [-0.4, -0.2) is 35.6 Å². The van der Waals surface area contributed by atoms with Crippen molar-refractivity contribution in [3.05, 3.63) is 29.3 Å². The third kappa shape index (κ3) is 1.98. The van der Waals surface area contributed by atoms with E-state index in [2.05, 4.69) is 5.32 Å². The molecule has 0 radical (unpaired) electrons. The van der Waals surface area contributed by atoms with Gasteiger partial charge in [0, 0.05) is 12.2 Å². The molecular formula is C15H18N2O3. The second-order valence-corrected chi connectivity index (χ2v) is 5.72. The standard InChI is InChI=1S/C15H18N2O3/c1-15(6-2-7-16-15)14(20)17-8-5-10-3-4-11(13(18)19)9-12(10)17/h3-4,9,16H,2,5-8H2,1H3,(H,18,19). The van der Waals surface area contributed by atoms with Gasteiger partial charge in [-0.3, -0.25) is 4.79 Å². The molecule has 5 heteroatoms. The van der Waals surface area contributed by atoms with E-state index in [-0.39, 0.29) is 11.5 Å². The van der Waals surface area contributed by atoms with Gasteiger partial charge in [-0.05, 0) is 50.4 Å². The molecule has 1 aromatic carbocycles. The van der Waals surface area contributed by atoms with Crippen molar-refractivity contribution in [2.75, 3.05) is 18.0 Å². The molecule has 5 nitrogen and oxygen atoms in total. The van der Waals surface area contributed by atoms with Crippen LogP contribution in [0, 0.1) is 0 Å². The van der Waals surface area contributed by atoms with Crippen LogP contribution in [0.25, 0.3) is 0 Å². The molecule has 0 bridgehead atoms. The van der Waals surface area contributed by atoms with Gasteiger partial charge in [-0.25, -0.2) is 4.79 Å². The first-order valence-corrected chi connectivity index (χ1v) is 6.94. The van der Waals surface area contributed by atoms with E-state index in [1.165, 1.54) is 0 Å². The van der Waals surface area contributed by atoms with Crippen molar-refractivity contribution in [2.45, 2.75) is 31.7 Å². The zero-order chi connectivity index (χ0) is 14.3. The average Bonchev–Trinajstić information content (AvgIpc) is 3.04. The Morgan fingerprint density at radius 3 is 2.85 bits per heavy atom. The summed E-state index contributed by atoms with van der Waals surface area (Å²) in [5, 5.41) is 12.4. The fourth-order valence-corrected chi connectivity index (χ4v) is 3.10. The highest BCUT2D eigenvalue weighted by molar-refractivity contribution is 6.02. The zero-order valence-electron chi connectivity index (χ0n) is 11.5. The van der Waals surface area contributed by atoms with Crippen molar-refractivity contribution in [3.8, 4) is 0 Å². The number of fused-ring (bicyclic) bond motifs is 1. The molecule has 1 atom stereocenters. The zero-order valence-corrected chi connectivity index (χ0v) is 11.5. The predicted octanol–water partition coefficient (Wildman–Crippen LogP) is 1.42. The molecule has 2 aliphatic heterocycles. The van der Waals surface area contributed by atoms with Crippen LogP contribution in [0.3, 0.4) is 0 Å². The Hall–Kier alpha value is -1.88. The number of nitrogens with one attached hydrogen (secondary N) is 1. The van der Waals surface area contributed by atoms with Gasteiger partial charge in [-0.1, -0.05) is 6.07 Å². The lowest BCUT2D eigenvalue weighted by Crippen LogP contribution is -2.52. The van der Waals surface area contributed by atoms with Gasteiger partial charge >= 0.3 is 5.97 Å². The minimum Gasteiger partial charge on any atom is -0.478 e. The summed E-state index contributed by atoms with van der Waals surface area (Å²) in [6, 6.07) is 5.03. The number of hydrogen-bond donors (Lipinski definition) is 2. The Morgan fingerprint density at radius 1 is 1.40 bits per heavy atom. The molecule has 1 fully saturated rings. The van der Waals surface area contributed by atoms with Crippen LogP contribution < -0.4 is 10.2 Å². The van der Waals surface area contributed by atoms with E-state index < -0.39 is 11.5 Å². The highest BCUT2D eigenvalue weighted by Gasteiger charge is 2.41. The van der Waals surface area contributed by atoms with Crippen LogP contribution in [0.15, 0.2) is 18.2 Å². The number of carboxylic acids is 1. The molecule has 2 heterocycles. The number of carboxylic acid groups (broad SMARTS) is 1. The van der Waals surface area contributed by atoms with E-state index >= 15 is 0 Å². The van der Waals surface area contributed by atoms with E-state index in [9.17, 15) is 9.59 Å². The van der Waals surface area contributed by atoms with E-state index in [0.717, 1.165) is 37.1 Å². The van der Waals surface area contributed by atoms with Crippen molar-refractivity contribution >= 4 is 17.6 Å². The number of benzene rings is 1. The number of rotatable bonds is 2. The van der Waals surface area contributed by atoms with E-state index in [4.69, 9.17) is 5.11 Å². The minimum absolute atomic E-state index is 0.0521. The SMILES string of the molecule is CC1(C(=O)N2CCc3ccc(C(=O)O)cc32)CCCN1. The summed E-state index contributed by atoms with van der Waals surface area (Å²) in [5.74, 6) is -0.909. The van der Waals surface area contributed by atoms with E-state index in [1.807, 2.05) is 13.0 Å². The highest BCUT2D eigenvalue weighted by atomic mass is 16.4. The number of amides is 1. The largest absolute Gasteiger partial charge is 0.478 e. The summed E-state index contributed by atoms with van der Waals surface area (Å²) in [6.07, 6.45) is 2.62. The number of carbonyl (C=O) groups is 2. The molecule has 1 amide bonds. The fourth-order valence-electron chi connectivity index (χ4n) is 3.10. The molecule has 2 aliphatic rings. The minimum atomic E-state index is -0.961. The summed E-state index contributed by atoms with van der Waals surface area (Å²) >= 11 is 0. The van der Waals surface area contributed by atoms with Crippen molar-refractivity contribution in [1.82, 2.24) is 5.32 Å². The maximum atomic E-state index is 12.7. The van der Waals surface area contributed by atoms with Gasteiger partial charge < -0.3 is 15.3 Å².